The van der Waals surface area contributed by atoms with Crippen molar-refractivity contribution in [2.24, 2.45) is 0 Å². The van der Waals surface area contributed by atoms with Crippen LogP contribution in [0.1, 0.15) is 20.8 Å². The number of nitrogens with one attached hydrogen (secondary N) is 1. The van der Waals surface area contributed by atoms with Gasteiger partial charge >= 0.3 is 0 Å². The molecule has 134 valence electrons. The second-order valence-corrected chi connectivity index (χ2v) is 7.09. The van der Waals surface area contributed by atoms with Crippen LogP contribution in [0.2, 0.25) is 0 Å². The molecule has 3 heterocycles. The zero-order valence-electron chi connectivity index (χ0n) is 14.5. The maximum Gasteiger partial charge on any atom is 0.266 e. The van der Waals surface area contributed by atoms with Crippen LogP contribution in [0.3, 0.4) is 0 Å². The van der Waals surface area contributed by atoms with Crippen molar-refractivity contribution in [3.05, 3.63) is 87.5 Å². The summed E-state index contributed by atoms with van der Waals surface area (Å²) in [5, 5.41) is 3.33. The van der Waals surface area contributed by atoms with Crippen molar-refractivity contribution in [1.82, 2.24) is 14.5 Å². The summed E-state index contributed by atoms with van der Waals surface area (Å²) in [7, 11) is 0. The maximum absolute atomic E-state index is 12.9. The summed E-state index contributed by atoms with van der Waals surface area (Å²) in [6.07, 6.45) is 4.76. The molecular formula is C20H16N4O2S. The highest BCUT2D eigenvalue weighted by atomic mass is 32.1. The fourth-order valence-electron chi connectivity index (χ4n) is 2.89. The lowest BCUT2D eigenvalue weighted by Gasteiger charge is -2.05. The van der Waals surface area contributed by atoms with Gasteiger partial charge in [-0.3, -0.25) is 19.1 Å². The average molecular weight is 376 g/mol. The van der Waals surface area contributed by atoms with Crippen LogP contribution in [-0.4, -0.2) is 20.4 Å². The van der Waals surface area contributed by atoms with E-state index in [1.165, 1.54) is 17.7 Å². The number of fused-ring (bicyclic) bond motifs is 1. The molecule has 0 unspecified atom stereocenters. The summed E-state index contributed by atoms with van der Waals surface area (Å²) in [5.74, 6) is -0.254. The van der Waals surface area contributed by atoms with Gasteiger partial charge in [0.2, 0.25) is 0 Å². The van der Waals surface area contributed by atoms with E-state index in [1.807, 2.05) is 30.3 Å². The molecule has 3 aromatic heterocycles. The van der Waals surface area contributed by atoms with Crippen molar-refractivity contribution in [2.75, 3.05) is 5.32 Å². The third-order valence-corrected chi connectivity index (χ3v) is 5.46. The lowest BCUT2D eigenvalue weighted by atomic mass is 10.2. The Balaban J connectivity index is 1.70. The average Bonchev–Trinajstić information content (AvgIpc) is 3.03. The van der Waals surface area contributed by atoms with Gasteiger partial charge in [-0.2, -0.15) is 0 Å². The highest BCUT2D eigenvalue weighted by Gasteiger charge is 2.19. The van der Waals surface area contributed by atoms with Gasteiger partial charge in [0.25, 0.3) is 11.5 Å². The molecule has 0 bridgehead atoms. The number of carbonyl (C=O) groups excluding carboxylic acids is 1. The van der Waals surface area contributed by atoms with Crippen molar-refractivity contribution in [1.29, 1.82) is 0 Å². The van der Waals surface area contributed by atoms with Crippen molar-refractivity contribution in [3.63, 3.8) is 0 Å². The Morgan fingerprint density at radius 3 is 2.63 bits per heavy atom. The summed E-state index contributed by atoms with van der Waals surface area (Å²) in [5.41, 5.74) is 2.19. The largest absolute Gasteiger partial charge is 0.321 e. The zero-order valence-corrected chi connectivity index (χ0v) is 15.4. The van der Waals surface area contributed by atoms with Crippen LogP contribution >= 0.6 is 11.3 Å². The first-order chi connectivity index (χ1) is 13.1. The van der Waals surface area contributed by atoms with Crippen molar-refractivity contribution >= 4 is 33.1 Å². The van der Waals surface area contributed by atoms with Gasteiger partial charge in [-0.1, -0.05) is 30.3 Å². The predicted octanol–water partition coefficient (Wildman–Crippen LogP) is 3.46. The number of benzene rings is 1. The Hall–Kier alpha value is -3.32. The number of anilines is 1. The second kappa shape index (κ2) is 7.13. The number of pyridine rings is 1. The van der Waals surface area contributed by atoms with Crippen molar-refractivity contribution in [2.45, 2.75) is 13.5 Å². The van der Waals surface area contributed by atoms with Gasteiger partial charge in [-0.25, -0.2) is 4.98 Å². The first kappa shape index (κ1) is 17.1. The molecule has 4 rings (SSSR count). The summed E-state index contributed by atoms with van der Waals surface area (Å²) in [6, 6.07) is 13.2. The monoisotopic (exact) mass is 376 g/mol. The Bertz CT molecular complexity index is 1170. The van der Waals surface area contributed by atoms with E-state index < -0.39 is 0 Å². The van der Waals surface area contributed by atoms with E-state index in [-0.39, 0.29) is 11.5 Å². The number of aryl methyl sites for hydroxylation is 1. The lowest BCUT2D eigenvalue weighted by molar-refractivity contribution is 0.103. The topological polar surface area (TPSA) is 76.9 Å². The number of amides is 1. The third-order valence-electron chi connectivity index (χ3n) is 4.26. The first-order valence-corrected chi connectivity index (χ1v) is 9.19. The summed E-state index contributed by atoms with van der Waals surface area (Å²) in [6.45, 7) is 2.23. The van der Waals surface area contributed by atoms with Gasteiger partial charge in [0.1, 0.15) is 4.83 Å². The highest BCUT2D eigenvalue weighted by molar-refractivity contribution is 7.20. The molecule has 0 atom stereocenters. The molecule has 1 amide bonds. The highest BCUT2D eigenvalue weighted by Crippen LogP contribution is 2.27. The molecule has 4 aromatic rings. The summed E-state index contributed by atoms with van der Waals surface area (Å²) in [4.78, 5) is 35.0. The van der Waals surface area contributed by atoms with Gasteiger partial charge in [0.15, 0.2) is 0 Å². The molecule has 1 aromatic carbocycles. The van der Waals surface area contributed by atoms with E-state index in [2.05, 4.69) is 15.3 Å². The van der Waals surface area contributed by atoms with Gasteiger partial charge in [0, 0.05) is 18.1 Å². The van der Waals surface area contributed by atoms with Crippen LogP contribution < -0.4 is 10.9 Å². The molecule has 0 aliphatic carbocycles. The van der Waals surface area contributed by atoms with E-state index in [0.717, 1.165) is 5.56 Å². The smallest absolute Gasteiger partial charge is 0.266 e. The second-order valence-electron chi connectivity index (χ2n) is 6.09. The van der Waals surface area contributed by atoms with E-state index in [0.29, 0.717) is 32.9 Å². The van der Waals surface area contributed by atoms with Crippen LogP contribution in [0.5, 0.6) is 0 Å². The van der Waals surface area contributed by atoms with E-state index in [1.54, 1.807) is 36.0 Å². The Kier molecular flexibility index (Phi) is 4.52. The first-order valence-electron chi connectivity index (χ1n) is 8.37. The van der Waals surface area contributed by atoms with Crippen LogP contribution in [0.25, 0.3) is 10.2 Å². The van der Waals surface area contributed by atoms with Crippen LogP contribution in [-0.2, 0) is 6.54 Å². The molecule has 0 radical (unpaired) electrons. The summed E-state index contributed by atoms with van der Waals surface area (Å²) < 4.78 is 1.57. The fraction of sp³-hybridized carbons (Fsp3) is 0.100. The quantitative estimate of drug-likeness (QED) is 0.592. The molecular weight excluding hydrogens is 360 g/mol. The molecule has 0 fully saturated rings. The number of carbonyl (C=O) groups is 1. The molecule has 1 N–H and O–H groups in total. The molecule has 0 spiro atoms. The lowest BCUT2D eigenvalue weighted by Crippen LogP contribution is -2.21. The van der Waals surface area contributed by atoms with Gasteiger partial charge in [0.05, 0.1) is 23.1 Å². The number of rotatable bonds is 4. The van der Waals surface area contributed by atoms with Gasteiger partial charge in [-0.15, -0.1) is 11.3 Å². The van der Waals surface area contributed by atoms with Crippen molar-refractivity contribution in [3.8, 4) is 0 Å². The van der Waals surface area contributed by atoms with Crippen LogP contribution in [0, 0.1) is 6.92 Å². The van der Waals surface area contributed by atoms with E-state index in [9.17, 15) is 9.59 Å². The third kappa shape index (κ3) is 3.37. The zero-order chi connectivity index (χ0) is 18.8. The Labute approximate surface area is 159 Å². The predicted molar refractivity (Wildman–Crippen MR) is 106 cm³/mol. The minimum atomic E-state index is -0.254. The molecule has 0 saturated carbocycles. The van der Waals surface area contributed by atoms with Crippen molar-refractivity contribution < 1.29 is 4.79 Å². The number of hydrogen-bond donors (Lipinski definition) is 1. The normalized spacial score (nSPS) is 10.9. The van der Waals surface area contributed by atoms with Crippen LogP contribution in [0.4, 0.5) is 5.69 Å². The van der Waals surface area contributed by atoms with Crippen LogP contribution in [0.15, 0.2) is 66.0 Å². The SMILES string of the molecule is Cc1c(C(=O)Nc2ccncc2)sc2ncn(Cc3ccccc3)c(=O)c12. The van der Waals surface area contributed by atoms with Gasteiger partial charge < -0.3 is 5.32 Å². The number of hydrogen-bond acceptors (Lipinski definition) is 5. The Morgan fingerprint density at radius 1 is 1.15 bits per heavy atom. The maximum atomic E-state index is 12.9. The minimum absolute atomic E-state index is 0.138. The Morgan fingerprint density at radius 2 is 1.89 bits per heavy atom. The van der Waals surface area contributed by atoms with Gasteiger partial charge in [-0.05, 0) is 30.2 Å². The fourth-order valence-corrected chi connectivity index (χ4v) is 3.93. The van der Waals surface area contributed by atoms with E-state index >= 15 is 0 Å². The number of nitrogens with zero attached hydrogens (tertiary/aromatic N) is 3. The molecule has 27 heavy (non-hydrogen) atoms. The molecule has 6 nitrogen and oxygen atoms in total. The van der Waals surface area contributed by atoms with E-state index in [4.69, 9.17) is 0 Å². The molecule has 0 aliphatic heterocycles. The molecule has 0 saturated heterocycles. The minimum Gasteiger partial charge on any atom is -0.321 e. The molecule has 7 heteroatoms. The number of aromatic nitrogens is 3. The summed E-state index contributed by atoms with van der Waals surface area (Å²) >= 11 is 1.23. The number of thiophene rings is 1. The standard InChI is InChI=1S/C20H16N4O2S/c1-13-16-19(27-17(13)18(25)23-15-7-9-21-10-8-15)22-12-24(20(16)26)11-14-5-3-2-4-6-14/h2-10,12H,11H2,1H3,(H,21,23,25). The molecule has 0 aliphatic rings.